The minimum Gasteiger partial charge on any atom is -0.507 e. The number of nitrogens with zero attached hydrogens (tertiary/aromatic N) is 2. The fraction of sp³-hybridized carbons (Fsp3) is 0.333. The molecular weight excluding hydrogens is 396 g/mol. The molecule has 1 amide bonds. The largest absolute Gasteiger partial charge is 0.507 e. The zero-order valence-corrected chi connectivity index (χ0v) is 17.3. The van der Waals surface area contributed by atoms with E-state index < -0.39 is 22.7 Å². The number of aryl methyl sites for hydroxylation is 1. The highest BCUT2D eigenvalue weighted by Gasteiger charge is 2.48. The minimum atomic E-state index is -0.749. The van der Waals surface area contributed by atoms with Crippen LogP contribution in [0.5, 0.6) is 0 Å². The number of hydrogen-bond donors (Lipinski definition) is 1. The second-order valence-electron chi connectivity index (χ2n) is 8.22. The second kappa shape index (κ2) is 8.34. The lowest BCUT2D eigenvalue weighted by Crippen LogP contribution is -2.40. The van der Waals surface area contributed by atoms with Crippen molar-refractivity contribution in [2.75, 3.05) is 0 Å². The second-order valence-corrected chi connectivity index (χ2v) is 8.22. The molecule has 1 saturated carbocycles. The summed E-state index contributed by atoms with van der Waals surface area (Å²) in [6, 6.07) is 12.2. The van der Waals surface area contributed by atoms with Crippen molar-refractivity contribution in [3.63, 3.8) is 0 Å². The number of Topliss-reactive ketones (excluding diaryl/α,β-unsaturated/α-hetero) is 1. The predicted octanol–water partition coefficient (Wildman–Crippen LogP) is 4.66. The van der Waals surface area contributed by atoms with E-state index in [0.29, 0.717) is 0 Å². The molecule has 2 aromatic carbocycles. The molecule has 1 saturated heterocycles. The summed E-state index contributed by atoms with van der Waals surface area (Å²) >= 11 is 0. The standard InChI is InChI=1S/C24H24N2O5/c1-15-7-5-8-16(13-15)21-20(22(27)17-9-6-12-19(14-17)26(30)31)23(28)24(29)25(21)18-10-3-2-4-11-18/h5-9,12-14,18,21,27H,2-4,10-11H2,1H3/b22-20-. The Kier molecular flexibility index (Phi) is 5.59. The summed E-state index contributed by atoms with van der Waals surface area (Å²) in [6.45, 7) is 1.93. The molecule has 2 fully saturated rings. The van der Waals surface area contributed by atoms with Gasteiger partial charge in [0.2, 0.25) is 0 Å². The topological polar surface area (TPSA) is 101 Å². The number of carbonyl (C=O) groups is 2. The van der Waals surface area contributed by atoms with Gasteiger partial charge in [0.05, 0.1) is 16.5 Å². The van der Waals surface area contributed by atoms with Crippen LogP contribution in [0.3, 0.4) is 0 Å². The Morgan fingerprint density at radius 1 is 1.06 bits per heavy atom. The van der Waals surface area contributed by atoms with E-state index in [1.54, 1.807) is 4.90 Å². The van der Waals surface area contributed by atoms with Crippen LogP contribution >= 0.6 is 0 Å². The number of benzene rings is 2. The molecule has 1 unspecified atom stereocenters. The summed E-state index contributed by atoms with van der Waals surface area (Å²) in [7, 11) is 0. The van der Waals surface area contributed by atoms with Gasteiger partial charge in [0.25, 0.3) is 17.4 Å². The molecular formula is C24H24N2O5. The molecule has 0 spiro atoms. The van der Waals surface area contributed by atoms with Gasteiger partial charge in [-0.25, -0.2) is 0 Å². The van der Waals surface area contributed by atoms with Crippen LogP contribution in [0.2, 0.25) is 0 Å². The van der Waals surface area contributed by atoms with Crippen LogP contribution in [0.1, 0.15) is 54.8 Å². The summed E-state index contributed by atoms with van der Waals surface area (Å²) in [5.41, 5.74) is 1.66. The fourth-order valence-electron chi connectivity index (χ4n) is 4.68. The third-order valence-electron chi connectivity index (χ3n) is 6.14. The van der Waals surface area contributed by atoms with E-state index >= 15 is 0 Å². The predicted molar refractivity (Wildman–Crippen MR) is 115 cm³/mol. The number of carbonyl (C=O) groups excluding carboxylic acids is 2. The van der Waals surface area contributed by atoms with Gasteiger partial charge in [-0.2, -0.15) is 0 Å². The highest BCUT2D eigenvalue weighted by molar-refractivity contribution is 6.46. The molecule has 0 aromatic heterocycles. The molecule has 1 heterocycles. The van der Waals surface area contributed by atoms with Crippen molar-refractivity contribution in [1.29, 1.82) is 0 Å². The molecule has 7 nitrogen and oxygen atoms in total. The van der Waals surface area contributed by atoms with Crippen LogP contribution in [0, 0.1) is 17.0 Å². The van der Waals surface area contributed by atoms with Gasteiger partial charge >= 0.3 is 0 Å². The Labute approximate surface area is 180 Å². The molecule has 1 N–H and O–H groups in total. The highest BCUT2D eigenvalue weighted by atomic mass is 16.6. The third-order valence-corrected chi connectivity index (χ3v) is 6.14. The molecule has 0 bridgehead atoms. The Hall–Kier alpha value is -3.48. The number of nitro benzene ring substituents is 1. The lowest BCUT2D eigenvalue weighted by atomic mass is 9.90. The van der Waals surface area contributed by atoms with E-state index in [0.717, 1.165) is 43.2 Å². The van der Waals surface area contributed by atoms with E-state index in [-0.39, 0.29) is 28.6 Å². The average Bonchev–Trinajstić information content (AvgIpc) is 3.04. The van der Waals surface area contributed by atoms with E-state index in [1.165, 1.54) is 24.3 Å². The van der Waals surface area contributed by atoms with Crippen LogP contribution in [-0.4, -0.2) is 32.7 Å². The maximum absolute atomic E-state index is 13.1. The third kappa shape index (κ3) is 3.83. The van der Waals surface area contributed by atoms with Crippen molar-refractivity contribution in [2.24, 2.45) is 0 Å². The van der Waals surface area contributed by atoms with Crippen molar-refractivity contribution in [1.82, 2.24) is 4.90 Å². The first-order valence-electron chi connectivity index (χ1n) is 10.5. The van der Waals surface area contributed by atoms with E-state index in [9.17, 15) is 24.8 Å². The zero-order chi connectivity index (χ0) is 22.1. The van der Waals surface area contributed by atoms with Crippen LogP contribution in [0.4, 0.5) is 5.69 Å². The van der Waals surface area contributed by atoms with Crippen LogP contribution < -0.4 is 0 Å². The quantitative estimate of drug-likeness (QED) is 0.255. The Morgan fingerprint density at radius 2 is 1.77 bits per heavy atom. The van der Waals surface area contributed by atoms with Crippen molar-refractivity contribution in [3.05, 3.63) is 80.9 Å². The first kappa shape index (κ1) is 20.8. The van der Waals surface area contributed by atoms with Crippen LogP contribution in [-0.2, 0) is 9.59 Å². The molecule has 1 aliphatic carbocycles. The number of likely N-dealkylation sites (tertiary alicyclic amines) is 1. The maximum Gasteiger partial charge on any atom is 0.295 e. The first-order chi connectivity index (χ1) is 14.9. The van der Waals surface area contributed by atoms with Crippen molar-refractivity contribution >= 4 is 23.1 Å². The van der Waals surface area contributed by atoms with Crippen LogP contribution in [0.15, 0.2) is 54.1 Å². The van der Waals surface area contributed by atoms with Gasteiger partial charge in [-0.3, -0.25) is 19.7 Å². The Balaban J connectivity index is 1.89. The molecule has 2 aromatic rings. The van der Waals surface area contributed by atoms with E-state index in [2.05, 4.69) is 0 Å². The van der Waals surface area contributed by atoms with Gasteiger partial charge in [0.1, 0.15) is 5.76 Å². The lowest BCUT2D eigenvalue weighted by molar-refractivity contribution is -0.384. The van der Waals surface area contributed by atoms with Crippen molar-refractivity contribution in [2.45, 2.75) is 51.1 Å². The first-order valence-corrected chi connectivity index (χ1v) is 10.5. The Morgan fingerprint density at radius 3 is 2.45 bits per heavy atom. The highest BCUT2D eigenvalue weighted by Crippen LogP contribution is 2.43. The van der Waals surface area contributed by atoms with Gasteiger partial charge in [0, 0.05) is 23.7 Å². The molecule has 31 heavy (non-hydrogen) atoms. The monoisotopic (exact) mass is 420 g/mol. The average molecular weight is 420 g/mol. The summed E-state index contributed by atoms with van der Waals surface area (Å²) in [6.07, 6.45) is 4.69. The normalized spacial score (nSPS) is 21.5. The van der Waals surface area contributed by atoms with Gasteiger partial charge in [-0.15, -0.1) is 0 Å². The number of aliphatic hydroxyl groups excluding tert-OH is 1. The number of ketones is 1. The fourth-order valence-corrected chi connectivity index (χ4v) is 4.68. The summed E-state index contributed by atoms with van der Waals surface area (Å²) in [5, 5.41) is 22.3. The van der Waals surface area contributed by atoms with Gasteiger partial charge < -0.3 is 10.0 Å². The molecule has 0 radical (unpaired) electrons. The summed E-state index contributed by atoms with van der Waals surface area (Å²) < 4.78 is 0. The molecule has 7 heteroatoms. The molecule has 2 aliphatic rings. The molecule has 160 valence electrons. The maximum atomic E-state index is 13.1. The smallest absolute Gasteiger partial charge is 0.295 e. The Bertz CT molecular complexity index is 1080. The van der Waals surface area contributed by atoms with E-state index in [1.807, 2.05) is 31.2 Å². The SMILES string of the molecule is Cc1cccc(C2/C(=C(/O)c3cccc([N+](=O)[O-])c3)C(=O)C(=O)N2C2CCCCC2)c1. The van der Waals surface area contributed by atoms with E-state index in [4.69, 9.17) is 0 Å². The number of amides is 1. The minimum absolute atomic E-state index is 0.0123. The van der Waals surface area contributed by atoms with Gasteiger partial charge in [-0.05, 0) is 25.3 Å². The number of nitro groups is 1. The van der Waals surface area contributed by atoms with Gasteiger partial charge in [0.15, 0.2) is 0 Å². The molecule has 4 rings (SSSR count). The molecule has 1 aliphatic heterocycles. The molecule has 1 atom stereocenters. The number of hydrogen-bond acceptors (Lipinski definition) is 5. The summed E-state index contributed by atoms with van der Waals surface area (Å²) in [4.78, 5) is 38.5. The lowest BCUT2D eigenvalue weighted by Gasteiger charge is -2.35. The number of aliphatic hydroxyl groups is 1. The number of non-ortho nitro benzene ring substituents is 1. The summed E-state index contributed by atoms with van der Waals surface area (Å²) in [5.74, 6) is -1.75. The van der Waals surface area contributed by atoms with Crippen molar-refractivity contribution < 1.29 is 19.6 Å². The van der Waals surface area contributed by atoms with Gasteiger partial charge in [-0.1, -0.05) is 61.2 Å². The number of rotatable bonds is 4. The zero-order valence-electron chi connectivity index (χ0n) is 17.3. The van der Waals surface area contributed by atoms with Crippen molar-refractivity contribution in [3.8, 4) is 0 Å². The van der Waals surface area contributed by atoms with Crippen LogP contribution in [0.25, 0.3) is 5.76 Å².